The van der Waals surface area contributed by atoms with Gasteiger partial charge in [0, 0.05) is 6.54 Å². The maximum atomic E-state index is 13.0. The molecule has 0 saturated heterocycles. The molecule has 0 aromatic heterocycles. The van der Waals surface area contributed by atoms with Gasteiger partial charge in [0.25, 0.3) is 0 Å². The number of rotatable bonds is 15. The Balaban J connectivity index is 2.67. The number of hydrogen-bond donors (Lipinski definition) is 5. The molecule has 3 atom stereocenters. The molecule has 0 aliphatic carbocycles. The Morgan fingerprint density at radius 3 is 2.05 bits per heavy atom. The van der Waals surface area contributed by atoms with E-state index in [0.29, 0.717) is 32.2 Å². The molecule has 0 saturated carbocycles. The number of carbonyl (C=O) groups is 4. The number of carboxylic acid groups (broad SMARTS) is 1. The van der Waals surface area contributed by atoms with Gasteiger partial charge in [0.1, 0.15) is 17.7 Å². The van der Waals surface area contributed by atoms with Crippen LogP contribution in [0.25, 0.3) is 0 Å². The number of alkyl carbamates (subject to hydrolysis) is 1. The number of carboxylic acids is 1. The summed E-state index contributed by atoms with van der Waals surface area (Å²) in [5.74, 6) is -1.91. The van der Waals surface area contributed by atoms with Crippen molar-refractivity contribution in [2.24, 2.45) is 5.92 Å². The number of ether oxygens (including phenoxy) is 1. The molecule has 0 radical (unpaired) electrons. The van der Waals surface area contributed by atoms with Crippen LogP contribution < -0.4 is 21.3 Å². The molecule has 3 amide bonds. The van der Waals surface area contributed by atoms with Crippen molar-refractivity contribution in [3.8, 4) is 0 Å². The van der Waals surface area contributed by atoms with Crippen molar-refractivity contribution in [1.29, 1.82) is 0 Å². The van der Waals surface area contributed by atoms with Crippen LogP contribution >= 0.6 is 0 Å². The Morgan fingerprint density at radius 2 is 1.51 bits per heavy atom. The number of nitrogens with one attached hydrogen (secondary N) is 4. The normalized spacial score (nSPS) is 13.8. The highest BCUT2D eigenvalue weighted by atomic mass is 16.6. The van der Waals surface area contributed by atoms with Crippen LogP contribution in [0.5, 0.6) is 0 Å². The smallest absolute Gasteiger partial charge is 0.407 e. The first-order chi connectivity index (χ1) is 17.3. The maximum absolute atomic E-state index is 13.0. The van der Waals surface area contributed by atoms with Crippen LogP contribution in [0.2, 0.25) is 0 Å². The molecule has 1 aromatic rings. The van der Waals surface area contributed by atoms with Crippen LogP contribution in [0.1, 0.15) is 65.9 Å². The molecule has 1 rings (SSSR count). The van der Waals surface area contributed by atoms with Gasteiger partial charge in [0.15, 0.2) is 0 Å². The van der Waals surface area contributed by atoms with E-state index in [4.69, 9.17) is 4.74 Å². The van der Waals surface area contributed by atoms with Crippen molar-refractivity contribution in [3.63, 3.8) is 0 Å². The highest BCUT2D eigenvalue weighted by Crippen LogP contribution is 2.10. The molecule has 37 heavy (non-hydrogen) atoms. The summed E-state index contributed by atoms with van der Waals surface area (Å²) in [6, 6.07) is 7.03. The fourth-order valence-electron chi connectivity index (χ4n) is 3.66. The molecule has 0 unspecified atom stereocenters. The van der Waals surface area contributed by atoms with Crippen LogP contribution in [-0.4, -0.2) is 66.3 Å². The molecule has 0 spiro atoms. The Kier molecular flexibility index (Phi) is 13.7. The van der Waals surface area contributed by atoms with Crippen molar-refractivity contribution in [1.82, 2.24) is 21.3 Å². The second-order valence-electron chi connectivity index (χ2n) is 10.5. The average molecular weight is 521 g/mol. The lowest BCUT2D eigenvalue weighted by Crippen LogP contribution is -2.55. The van der Waals surface area contributed by atoms with Gasteiger partial charge < -0.3 is 31.1 Å². The topological polar surface area (TPSA) is 146 Å². The number of carbonyl (C=O) groups excluding carboxylic acids is 3. The number of hydrogen-bond acceptors (Lipinski definition) is 6. The number of likely N-dealkylation sites (N-methyl/N-ethyl adjacent to an activating group) is 1. The summed E-state index contributed by atoms with van der Waals surface area (Å²) in [7, 11) is 1.68. The molecule has 0 aliphatic rings. The van der Waals surface area contributed by atoms with Crippen molar-refractivity contribution < 1.29 is 29.0 Å². The van der Waals surface area contributed by atoms with Crippen LogP contribution in [-0.2, 0) is 25.5 Å². The van der Waals surface area contributed by atoms with E-state index in [1.54, 1.807) is 27.8 Å². The molecule has 0 bridgehead atoms. The maximum Gasteiger partial charge on any atom is 0.407 e. The Morgan fingerprint density at radius 1 is 0.919 bits per heavy atom. The lowest BCUT2D eigenvalue weighted by Gasteiger charge is -2.25. The van der Waals surface area contributed by atoms with E-state index in [2.05, 4.69) is 21.3 Å². The zero-order valence-electron chi connectivity index (χ0n) is 22.9. The number of aliphatic carboxylic acids is 1. The first-order valence-corrected chi connectivity index (χ1v) is 12.8. The van der Waals surface area contributed by atoms with Crippen molar-refractivity contribution in [3.05, 3.63) is 35.9 Å². The fraction of sp³-hybridized carbons (Fsp3) is 0.630. The Bertz CT molecular complexity index is 869. The molecule has 0 heterocycles. The van der Waals surface area contributed by atoms with Gasteiger partial charge in [-0.25, -0.2) is 9.59 Å². The lowest BCUT2D eigenvalue weighted by atomic mass is 10.0. The van der Waals surface area contributed by atoms with Crippen LogP contribution in [0, 0.1) is 5.92 Å². The minimum absolute atomic E-state index is 0.0976. The largest absolute Gasteiger partial charge is 0.480 e. The van der Waals surface area contributed by atoms with Crippen molar-refractivity contribution in [2.45, 2.75) is 90.4 Å². The number of amides is 3. The predicted molar refractivity (Wildman–Crippen MR) is 142 cm³/mol. The highest BCUT2D eigenvalue weighted by molar-refractivity contribution is 5.91. The standard InChI is InChI=1S/C27H44N4O6/c1-18(2)16-22(31-23(32)21(28-6)17-19-12-8-7-9-13-19)24(33)30-20(25(34)35)14-10-11-15-29-26(36)37-27(3,4)5/h7-9,12-13,18,20-22,28H,10-11,14-17H2,1-6H3,(H,29,36)(H,30,33)(H,31,32)(H,34,35)/t20-,21-,22-/m1/s1. The van der Waals surface area contributed by atoms with Gasteiger partial charge in [-0.3, -0.25) is 9.59 Å². The van der Waals surface area contributed by atoms with Crippen molar-refractivity contribution in [2.75, 3.05) is 13.6 Å². The Hall–Kier alpha value is -3.14. The molecule has 10 nitrogen and oxygen atoms in total. The molecule has 10 heteroatoms. The van der Waals surface area contributed by atoms with Gasteiger partial charge in [0.05, 0.1) is 6.04 Å². The van der Waals surface area contributed by atoms with Gasteiger partial charge >= 0.3 is 12.1 Å². The molecule has 208 valence electrons. The van der Waals surface area contributed by atoms with Gasteiger partial charge in [-0.1, -0.05) is 44.2 Å². The molecular formula is C27H44N4O6. The second kappa shape index (κ2) is 15.9. The third kappa shape index (κ3) is 13.7. The van der Waals surface area contributed by atoms with Gasteiger partial charge in [-0.15, -0.1) is 0 Å². The van der Waals surface area contributed by atoms with E-state index in [-0.39, 0.29) is 18.2 Å². The van der Waals surface area contributed by atoms with Gasteiger partial charge in [-0.05, 0) is 71.4 Å². The Labute approximate surface area is 220 Å². The van der Waals surface area contributed by atoms with E-state index in [9.17, 15) is 24.3 Å². The average Bonchev–Trinajstić information content (AvgIpc) is 2.80. The predicted octanol–water partition coefficient (Wildman–Crippen LogP) is 2.61. The molecule has 1 aromatic carbocycles. The van der Waals surface area contributed by atoms with E-state index in [1.165, 1.54) is 0 Å². The van der Waals surface area contributed by atoms with Gasteiger partial charge in [0.2, 0.25) is 11.8 Å². The summed E-state index contributed by atoms with van der Waals surface area (Å²) in [6.45, 7) is 9.49. The molecule has 0 fully saturated rings. The second-order valence-corrected chi connectivity index (χ2v) is 10.5. The van der Waals surface area contributed by atoms with E-state index in [1.807, 2.05) is 44.2 Å². The first kappa shape index (κ1) is 31.9. The summed E-state index contributed by atoms with van der Waals surface area (Å²) < 4.78 is 5.16. The third-order valence-corrected chi connectivity index (χ3v) is 5.49. The molecular weight excluding hydrogens is 476 g/mol. The van der Waals surface area contributed by atoms with Crippen LogP contribution in [0.4, 0.5) is 4.79 Å². The molecule has 0 aliphatic heterocycles. The molecule has 5 N–H and O–H groups in total. The monoisotopic (exact) mass is 520 g/mol. The number of unbranched alkanes of at least 4 members (excludes halogenated alkanes) is 1. The van der Waals surface area contributed by atoms with Crippen LogP contribution in [0.15, 0.2) is 30.3 Å². The first-order valence-electron chi connectivity index (χ1n) is 12.8. The summed E-state index contributed by atoms with van der Waals surface area (Å²) in [5.41, 5.74) is 0.383. The van der Waals surface area contributed by atoms with Crippen LogP contribution in [0.3, 0.4) is 0 Å². The number of benzene rings is 1. The lowest BCUT2D eigenvalue weighted by molar-refractivity contribution is -0.142. The summed E-state index contributed by atoms with van der Waals surface area (Å²) in [6.07, 6.45) is 1.46. The fourth-order valence-corrected chi connectivity index (χ4v) is 3.66. The minimum atomic E-state index is -1.15. The zero-order valence-corrected chi connectivity index (χ0v) is 22.9. The summed E-state index contributed by atoms with van der Waals surface area (Å²) >= 11 is 0. The van der Waals surface area contributed by atoms with E-state index in [0.717, 1.165) is 5.56 Å². The summed E-state index contributed by atoms with van der Waals surface area (Å²) in [5, 5.41) is 20.6. The van der Waals surface area contributed by atoms with E-state index >= 15 is 0 Å². The van der Waals surface area contributed by atoms with Crippen molar-refractivity contribution >= 4 is 23.9 Å². The SMILES string of the molecule is CN[C@H](Cc1ccccc1)C(=O)N[C@H](CC(C)C)C(=O)N[C@H](CCCCNC(=O)OC(C)(C)C)C(=O)O. The zero-order chi connectivity index (χ0) is 28.0. The third-order valence-electron chi connectivity index (χ3n) is 5.49. The minimum Gasteiger partial charge on any atom is -0.480 e. The van der Waals surface area contributed by atoms with Gasteiger partial charge in [-0.2, -0.15) is 0 Å². The van der Waals surface area contributed by atoms with E-state index < -0.39 is 41.7 Å². The summed E-state index contributed by atoms with van der Waals surface area (Å²) in [4.78, 5) is 49.5. The highest BCUT2D eigenvalue weighted by Gasteiger charge is 2.29. The quantitative estimate of drug-likeness (QED) is 0.223.